The van der Waals surface area contributed by atoms with Gasteiger partial charge in [0.25, 0.3) is 0 Å². The topological polar surface area (TPSA) is 85.2 Å². The number of ether oxygens (including phenoxy) is 1. The molecule has 1 aliphatic rings. The molecule has 2 unspecified atom stereocenters. The molecule has 2 heterocycles. The van der Waals surface area contributed by atoms with Crippen molar-refractivity contribution >= 4 is 17.6 Å². The zero-order chi connectivity index (χ0) is 21.0. The van der Waals surface area contributed by atoms with Crippen LogP contribution in [0.4, 0.5) is 5.82 Å². The van der Waals surface area contributed by atoms with E-state index < -0.39 is 11.5 Å². The van der Waals surface area contributed by atoms with Gasteiger partial charge in [-0.15, -0.1) is 0 Å². The van der Waals surface area contributed by atoms with Gasteiger partial charge in [-0.2, -0.15) is 5.10 Å². The maximum Gasteiger partial charge on any atom is 0.233 e. The molecule has 0 radical (unpaired) electrons. The fourth-order valence-electron chi connectivity index (χ4n) is 3.59. The largest absolute Gasteiger partial charge is 0.481 e. The van der Waals surface area contributed by atoms with Gasteiger partial charge in [0.2, 0.25) is 11.8 Å². The van der Waals surface area contributed by atoms with Crippen molar-refractivity contribution in [2.45, 2.75) is 39.2 Å². The lowest BCUT2D eigenvalue weighted by Gasteiger charge is -2.40. The SMILES string of the molecule is Cc1ccccc1OC1(C(CC(C)C)C(=O)Nc2ccn(C)n2)C=CNC(=O)C1. The Hall–Kier alpha value is -3.09. The lowest BCUT2D eigenvalue weighted by Crippen LogP contribution is -2.53. The van der Waals surface area contributed by atoms with Gasteiger partial charge in [0.15, 0.2) is 5.82 Å². The highest BCUT2D eigenvalue weighted by Crippen LogP contribution is 2.37. The summed E-state index contributed by atoms with van der Waals surface area (Å²) in [5, 5.41) is 9.82. The van der Waals surface area contributed by atoms with Crippen molar-refractivity contribution in [1.82, 2.24) is 15.1 Å². The Bertz CT molecular complexity index is 918. The second-order valence-electron chi connectivity index (χ2n) is 7.95. The third-order valence-electron chi connectivity index (χ3n) is 5.02. The molecule has 0 spiro atoms. The smallest absolute Gasteiger partial charge is 0.233 e. The zero-order valence-electron chi connectivity index (χ0n) is 17.3. The molecule has 0 fully saturated rings. The van der Waals surface area contributed by atoms with Gasteiger partial charge < -0.3 is 15.4 Å². The van der Waals surface area contributed by atoms with E-state index in [1.165, 1.54) is 0 Å². The van der Waals surface area contributed by atoms with Gasteiger partial charge in [0, 0.05) is 25.5 Å². The number of hydrogen-bond donors (Lipinski definition) is 2. The van der Waals surface area contributed by atoms with Gasteiger partial charge in [-0.1, -0.05) is 32.0 Å². The fraction of sp³-hybridized carbons (Fsp3) is 0.409. The van der Waals surface area contributed by atoms with E-state index >= 15 is 0 Å². The molecule has 7 heteroatoms. The summed E-state index contributed by atoms with van der Waals surface area (Å²) in [4.78, 5) is 25.7. The van der Waals surface area contributed by atoms with Crippen LogP contribution in [0.2, 0.25) is 0 Å². The maximum atomic E-state index is 13.3. The first-order valence-corrected chi connectivity index (χ1v) is 9.81. The molecule has 0 aliphatic carbocycles. The predicted octanol–water partition coefficient (Wildman–Crippen LogP) is 3.18. The summed E-state index contributed by atoms with van der Waals surface area (Å²) in [7, 11) is 1.79. The number of nitrogens with one attached hydrogen (secondary N) is 2. The fourth-order valence-corrected chi connectivity index (χ4v) is 3.59. The highest BCUT2D eigenvalue weighted by molar-refractivity contribution is 5.94. The summed E-state index contributed by atoms with van der Waals surface area (Å²) in [5.41, 5.74) is -0.142. The van der Waals surface area contributed by atoms with Gasteiger partial charge >= 0.3 is 0 Å². The minimum Gasteiger partial charge on any atom is -0.481 e. The van der Waals surface area contributed by atoms with Crippen LogP contribution in [0, 0.1) is 18.8 Å². The number of rotatable bonds is 7. The molecule has 154 valence electrons. The van der Waals surface area contributed by atoms with Crippen molar-refractivity contribution in [3.63, 3.8) is 0 Å². The number of aromatic nitrogens is 2. The normalized spacial score (nSPS) is 19.7. The van der Waals surface area contributed by atoms with Crippen molar-refractivity contribution in [1.29, 1.82) is 0 Å². The first-order chi connectivity index (χ1) is 13.8. The molecule has 1 aromatic carbocycles. The summed E-state index contributed by atoms with van der Waals surface area (Å²) in [5.74, 6) is 0.384. The Morgan fingerprint density at radius 3 is 2.72 bits per heavy atom. The van der Waals surface area contributed by atoms with E-state index in [9.17, 15) is 9.59 Å². The van der Waals surface area contributed by atoms with Crippen LogP contribution in [0.1, 0.15) is 32.3 Å². The van der Waals surface area contributed by atoms with E-state index in [1.54, 1.807) is 36.3 Å². The zero-order valence-corrected chi connectivity index (χ0v) is 17.3. The molecule has 2 atom stereocenters. The molecule has 29 heavy (non-hydrogen) atoms. The Balaban J connectivity index is 1.99. The van der Waals surface area contributed by atoms with E-state index in [0.29, 0.717) is 18.0 Å². The van der Waals surface area contributed by atoms with Crippen LogP contribution in [0.15, 0.2) is 48.8 Å². The summed E-state index contributed by atoms with van der Waals surface area (Å²) in [6.07, 6.45) is 5.75. The summed E-state index contributed by atoms with van der Waals surface area (Å²) in [6, 6.07) is 9.36. The summed E-state index contributed by atoms with van der Waals surface area (Å²) < 4.78 is 8.06. The van der Waals surface area contributed by atoms with E-state index in [2.05, 4.69) is 29.6 Å². The van der Waals surface area contributed by atoms with Crippen LogP contribution in [0.5, 0.6) is 5.75 Å². The number of hydrogen-bond acceptors (Lipinski definition) is 4. The first kappa shape index (κ1) is 20.6. The minimum atomic E-state index is -1.09. The number of aryl methyl sites for hydroxylation is 2. The van der Waals surface area contributed by atoms with Gasteiger partial charge in [-0.25, -0.2) is 0 Å². The monoisotopic (exact) mass is 396 g/mol. The molecule has 2 N–H and O–H groups in total. The number of carbonyl (C=O) groups is 2. The van der Waals surface area contributed by atoms with Gasteiger partial charge in [-0.3, -0.25) is 14.3 Å². The molecular formula is C22H28N4O3. The van der Waals surface area contributed by atoms with Gasteiger partial charge in [0.05, 0.1) is 12.3 Å². The van der Waals surface area contributed by atoms with E-state index in [0.717, 1.165) is 5.56 Å². The molecule has 2 aromatic rings. The van der Waals surface area contributed by atoms with E-state index in [4.69, 9.17) is 4.74 Å². The van der Waals surface area contributed by atoms with Gasteiger partial charge in [-0.05, 0) is 37.0 Å². The van der Waals surface area contributed by atoms with Crippen molar-refractivity contribution in [2.75, 3.05) is 5.32 Å². The highest BCUT2D eigenvalue weighted by atomic mass is 16.5. The quantitative estimate of drug-likeness (QED) is 0.753. The van der Waals surface area contributed by atoms with E-state index in [1.807, 2.05) is 31.2 Å². The molecule has 7 nitrogen and oxygen atoms in total. The number of benzene rings is 1. The second kappa shape index (κ2) is 8.51. The lowest BCUT2D eigenvalue weighted by atomic mass is 9.77. The van der Waals surface area contributed by atoms with Gasteiger partial charge in [0.1, 0.15) is 11.4 Å². The summed E-state index contributed by atoms with van der Waals surface area (Å²) in [6.45, 7) is 6.05. The standard InChI is InChI=1S/C22H28N4O3/c1-15(2)13-17(21(28)24-19-9-12-26(4)25-19)22(10-11-23-20(27)14-22)29-18-8-6-5-7-16(18)3/h5-12,15,17H,13-14H2,1-4H3,(H,23,27)(H,24,25,28). The number of amides is 2. The molecule has 0 saturated heterocycles. The Morgan fingerprint density at radius 2 is 2.10 bits per heavy atom. The first-order valence-electron chi connectivity index (χ1n) is 9.81. The summed E-state index contributed by atoms with van der Waals surface area (Å²) >= 11 is 0. The molecule has 1 aromatic heterocycles. The van der Waals surface area contributed by atoms with Crippen LogP contribution >= 0.6 is 0 Å². The molecular weight excluding hydrogens is 368 g/mol. The maximum absolute atomic E-state index is 13.3. The third kappa shape index (κ3) is 4.85. The van der Waals surface area contributed by atoms with Crippen molar-refractivity contribution in [2.24, 2.45) is 18.9 Å². The Kier molecular flexibility index (Phi) is 6.06. The number of para-hydroxylation sites is 1. The predicted molar refractivity (Wildman–Crippen MR) is 111 cm³/mol. The van der Waals surface area contributed by atoms with Crippen molar-refractivity contribution in [3.05, 3.63) is 54.4 Å². The van der Waals surface area contributed by atoms with Crippen molar-refractivity contribution in [3.8, 4) is 5.75 Å². The second-order valence-corrected chi connectivity index (χ2v) is 7.95. The third-order valence-corrected chi connectivity index (χ3v) is 5.02. The molecule has 0 saturated carbocycles. The lowest BCUT2D eigenvalue weighted by molar-refractivity contribution is -0.131. The molecule has 0 bridgehead atoms. The minimum absolute atomic E-state index is 0.0604. The van der Waals surface area contributed by atoms with Crippen LogP contribution in [-0.2, 0) is 16.6 Å². The van der Waals surface area contributed by atoms with Crippen LogP contribution in [-0.4, -0.2) is 27.2 Å². The van der Waals surface area contributed by atoms with Crippen LogP contribution in [0.3, 0.4) is 0 Å². The average Bonchev–Trinajstić information content (AvgIpc) is 3.06. The highest BCUT2D eigenvalue weighted by Gasteiger charge is 2.47. The molecule has 3 rings (SSSR count). The molecule has 2 amide bonds. The van der Waals surface area contributed by atoms with Crippen LogP contribution < -0.4 is 15.4 Å². The number of nitrogens with zero attached hydrogens (tertiary/aromatic N) is 2. The number of anilines is 1. The van der Waals surface area contributed by atoms with Crippen LogP contribution in [0.25, 0.3) is 0 Å². The molecule has 1 aliphatic heterocycles. The van der Waals surface area contributed by atoms with E-state index in [-0.39, 0.29) is 24.2 Å². The number of carbonyl (C=O) groups excluding carboxylic acids is 2. The Labute approximate surface area is 171 Å². The van der Waals surface area contributed by atoms with Crippen molar-refractivity contribution < 1.29 is 14.3 Å². The Morgan fingerprint density at radius 1 is 1.34 bits per heavy atom. The average molecular weight is 396 g/mol.